The molecule has 3 aromatic carbocycles. The van der Waals surface area contributed by atoms with Gasteiger partial charge in [0.1, 0.15) is 17.3 Å². The molecule has 0 unspecified atom stereocenters. The van der Waals surface area contributed by atoms with Crippen molar-refractivity contribution in [3.8, 4) is 5.75 Å². The van der Waals surface area contributed by atoms with E-state index in [4.69, 9.17) is 32.4 Å². The molecule has 0 fully saturated rings. The van der Waals surface area contributed by atoms with Crippen molar-refractivity contribution < 1.29 is 22.4 Å². The molecule has 1 amide bonds. The van der Waals surface area contributed by atoms with Crippen LogP contribution < -0.4 is 10.2 Å². The van der Waals surface area contributed by atoms with Crippen LogP contribution in [0.1, 0.15) is 27.4 Å². The van der Waals surface area contributed by atoms with Crippen molar-refractivity contribution in [2.75, 3.05) is 7.11 Å². The molecule has 196 valence electrons. The van der Waals surface area contributed by atoms with Crippen molar-refractivity contribution in [1.29, 1.82) is 0 Å². The minimum Gasteiger partial charge on any atom is -0.497 e. The van der Waals surface area contributed by atoms with Crippen molar-refractivity contribution in [3.63, 3.8) is 0 Å². The van der Waals surface area contributed by atoms with Gasteiger partial charge in [0.05, 0.1) is 24.8 Å². The van der Waals surface area contributed by atoms with Gasteiger partial charge >= 0.3 is 0 Å². The monoisotopic (exact) mass is 571 g/mol. The molecule has 0 spiro atoms. The summed E-state index contributed by atoms with van der Waals surface area (Å²) in [6.07, 6.45) is 1.34. The molecule has 8 nitrogen and oxygen atoms in total. The van der Waals surface area contributed by atoms with E-state index in [-0.39, 0.29) is 18.0 Å². The summed E-state index contributed by atoms with van der Waals surface area (Å²) in [4.78, 5) is 12.4. The fourth-order valence-electron chi connectivity index (χ4n) is 3.46. The molecule has 11 heteroatoms. The Labute approximate surface area is 230 Å². The number of hydrazone groups is 1. The summed E-state index contributed by atoms with van der Waals surface area (Å²) in [5.41, 5.74) is 3.59. The van der Waals surface area contributed by atoms with E-state index in [1.165, 1.54) is 34.8 Å². The van der Waals surface area contributed by atoms with Gasteiger partial charge in [-0.05, 0) is 78.4 Å². The lowest BCUT2D eigenvalue weighted by Gasteiger charge is -2.21. The lowest BCUT2D eigenvalue weighted by molar-refractivity contribution is 0.0955. The minimum atomic E-state index is -3.90. The fourth-order valence-corrected chi connectivity index (χ4v) is 5.11. The number of amides is 1. The third kappa shape index (κ3) is 7.02. The van der Waals surface area contributed by atoms with Crippen LogP contribution in [0.3, 0.4) is 0 Å². The molecule has 1 aromatic heterocycles. The van der Waals surface area contributed by atoms with Gasteiger partial charge in [0.15, 0.2) is 0 Å². The number of ether oxygens (including phenoxy) is 1. The number of halogens is 2. The Morgan fingerprint density at radius 3 is 2.18 bits per heavy atom. The lowest BCUT2D eigenvalue weighted by atomic mass is 10.2. The normalized spacial score (nSPS) is 11.7. The molecule has 0 atom stereocenters. The van der Waals surface area contributed by atoms with Gasteiger partial charge in [-0.1, -0.05) is 35.3 Å². The minimum absolute atomic E-state index is 0.0420. The molecule has 0 aliphatic heterocycles. The number of carbonyl (C=O) groups excluding carboxylic acids is 1. The highest BCUT2D eigenvalue weighted by molar-refractivity contribution is 7.89. The Bertz CT molecular complexity index is 1520. The van der Waals surface area contributed by atoms with Gasteiger partial charge in [-0.3, -0.25) is 4.79 Å². The van der Waals surface area contributed by atoms with Crippen LogP contribution in [-0.4, -0.2) is 32.0 Å². The van der Waals surface area contributed by atoms with Crippen LogP contribution in [0, 0.1) is 0 Å². The first-order chi connectivity index (χ1) is 18.2. The maximum Gasteiger partial charge on any atom is 0.271 e. The molecule has 4 rings (SSSR count). The second-order valence-electron chi connectivity index (χ2n) is 8.09. The van der Waals surface area contributed by atoms with Gasteiger partial charge in [-0.15, -0.1) is 0 Å². The van der Waals surface area contributed by atoms with E-state index in [0.717, 1.165) is 5.56 Å². The fraction of sp³-hybridized carbons (Fsp3) is 0.111. The third-order valence-electron chi connectivity index (χ3n) is 5.45. The molecule has 0 bridgehead atoms. The van der Waals surface area contributed by atoms with Crippen LogP contribution in [0.25, 0.3) is 0 Å². The van der Waals surface area contributed by atoms with E-state index < -0.39 is 15.9 Å². The van der Waals surface area contributed by atoms with E-state index in [0.29, 0.717) is 32.9 Å². The molecular weight excluding hydrogens is 549 g/mol. The van der Waals surface area contributed by atoms with E-state index in [1.807, 2.05) is 0 Å². The standard InChI is InChI=1S/C27H23Cl2N3O5S/c1-36-23-10-4-20(5-11-23)27(33)31-30-16-24-12-13-25(37-24)18-32(17-19-2-6-21(28)7-3-19)38(34,35)26-14-8-22(29)9-15-26/h2-16H,17-18H2,1H3,(H,31,33)/b30-16-. The summed E-state index contributed by atoms with van der Waals surface area (Å²) in [6.45, 7) is 0.0454. The highest BCUT2D eigenvalue weighted by Gasteiger charge is 2.26. The molecule has 0 radical (unpaired) electrons. The number of hydrogen-bond acceptors (Lipinski definition) is 6. The predicted octanol–water partition coefficient (Wildman–Crippen LogP) is 5.75. The Morgan fingerprint density at radius 1 is 0.921 bits per heavy atom. The number of benzene rings is 3. The zero-order valence-corrected chi connectivity index (χ0v) is 22.5. The molecule has 0 aliphatic rings. The maximum absolute atomic E-state index is 13.5. The summed E-state index contributed by atoms with van der Waals surface area (Å²) in [5.74, 6) is 0.958. The first kappa shape index (κ1) is 27.4. The van der Waals surface area contributed by atoms with E-state index >= 15 is 0 Å². The van der Waals surface area contributed by atoms with Crippen LogP contribution in [0.5, 0.6) is 5.75 Å². The van der Waals surface area contributed by atoms with Crippen molar-refractivity contribution in [3.05, 3.63) is 118 Å². The topological polar surface area (TPSA) is 101 Å². The van der Waals surface area contributed by atoms with Crippen molar-refractivity contribution in [1.82, 2.24) is 9.73 Å². The zero-order valence-electron chi connectivity index (χ0n) is 20.2. The molecule has 38 heavy (non-hydrogen) atoms. The Balaban J connectivity index is 1.48. The third-order valence-corrected chi connectivity index (χ3v) is 7.76. The molecule has 0 aliphatic carbocycles. The van der Waals surface area contributed by atoms with Crippen LogP contribution in [0.15, 0.2) is 99.3 Å². The smallest absolute Gasteiger partial charge is 0.271 e. The number of methoxy groups -OCH3 is 1. The molecule has 0 saturated heterocycles. The number of hydrogen-bond donors (Lipinski definition) is 1. The number of sulfonamides is 1. The second kappa shape index (κ2) is 12.3. The highest BCUT2D eigenvalue weighted by Crippen LogP contribution is 2.24. The first-order valence-corrected chi connectivity index (χ1v) is 13.5. The van der Waals surface area contributed by atoms with Gasteiger partial charge < -0.3 is 9.15 Å². The molecule has 1 N–H and O–H groups in total. The summed E-state index contributed by atoms with van der Waals surface area (Å²) in [5, 5.41) is 4.91. The largest absolute Gasteiger partial charge is 0.497 e. The van der Waals surface area contributed by atoms with Gasteiger partial charge in [0, 0.05) is 22.2 Å². The number of rotatable bonds is 10. The molecule has 1 heterocycles. The summed E-state index contributed by atoms with van der Waals surface area (Å²) < 4.78 is 39.1. The summed E-state index contributed by atoms with van der Waals surface area (Å²) >= 11 is 11.9. The Hall–Kier alpha value is -3.63. The van der Waals surface area contributed by atoms with E-state index in [9.17, 15) is 13.2 Å². The second-order valence-corrected chi connectivity index (χ2v) is 10.9. The highest BCUT2D eigenvalue weighted by atomic mass is 35.5. The van der Waals surface area contributed by atoms with Crippen LogP contribution >= 0.6 is 23.2 Å². The quantitative estimate of drug-likeness (QED) is 0.193. The lowest BCUT2D eigenvalue weighted by Crippen LogP contribution is -2.30. The maximum atomic E-state index is 13.5. The predicted molar refractivity (Wildman–Crippen MR) is 146 cm³/mol. The Morgan fingerprint density at radius 2 is 1.55 bits per heavy atom. The van der Waals surface area contributed by atoms with E-state index in [1.54, 1.807) is 67.8 Å². The van der Waals surface area contributed by atoms with Gasteiger partial charge in [-0.25, -0.2) is 13.8 Å². The summed E-state index contributed by atoms with van der Waals surface area (Å²) in [6, 6.07) is 22.7. The molecular formula is C27H23Cl2N3O5S. The van der Waals surface area contributed by atoms with Gasteiger partial charge in [-0.2, -0.15) is 9.41 Å². The molecule has 0 saturated carbocycles. The van der Waals surface area contributed by atoms with Crippen LogP contribution in [0.2, 0.25) is 10.0 Å². The SMILES string of the molecule is COc1ccc(C(=O)N/N=C\c2ccc(CN(Cc3ccc(Cl)cc3)S(=O)(=O)c3ccc(Cl)cc3)o2)cc1. The number of nitrogens with one attached hydrogen (secondary N) is 1. The Kier molecular flexibility index (Phi) is 8.85. The number of furan rings is 1. The van der Waals surface area contributed by atoms with Gasteiger partial charge in [0.2, 0.25) is 10.0 Å². The van der Waals surface area contributed by atoms with Crippen molar-refractivity contribution in [2.24, 2.45) is 5.10 Å². The van der Waals surface area contributed by atoms with Gasteiger partial charge in [0.25, 0.3) is 5.91 Å². The van der Waals surface area contributed by atoms with E-state index in [2.05, 4.69) is 10.5 Å². The van der Waals surface area contributed by atoms with Crippen LogP contribution in [-0.2, 0) is 23.1 Å². The van der Waals surface area contributed by atoms with Crippen molar-refractivity contribution in [2.45, 2.75) is 18.0 Å². The average Bonchev–Trinajstić information content (AvgIpc) is 3.37. The molecule has 4 aromatic rings. The number of carbonyl (C=O) groups is 1. The number of nitrogens with zero attached hydrogens (tertiary/aromatic N) is 2. The van der Waals surface area contributed by atoms with Crippen molar-refractivity contribution >= 4 is 45.3 Å². The van der Waals surface area contributed by atoms with Crippen LogP contribution in [0.4, 0.5) is 0 Å². The summed E-state index contributed by atoms with van der Waals surface area (Å²) in [7, 11) is -2.35. The average molecular weight is 572 g/mol. The zero-order chi connectivity index (χ0) is 27.1. The first-order valence-electron chi connectivity index (χ1n) is 11.3.